The SMILES string of the molecule is C=CCN1C(=O)/C(=C/c2cccc(OC(C)C(=O)O)c2)SC1=Nc1ccc(C)cc1O. The largest absolute Gasteiger partial charge is 0.506 e. The van der Waals surface area contributed by atoms with Crippen molar-refractivity contribution in [3.63, 3.8) is 0 Å². The molecule has 0 aliphatic carbocycles. The molecule has 1 fully saturated rings. The summed E-state index contributed by atoms with van der Waals surface area (Å²) in [7, 11) is 0. The van der Waals surface area contributed by atoms with Gasteiger partial charge in [-0.05, 0) is 67.1 Å². The normalized spacial score (nSPS) is 17.2. The van der Waals surface area contributed by atoms with Crippen LogP contribution in [0.5, 0.6) is 11.5 Å². The number of phenols is 1. The predicted octanol–water partition coefficient (Wildman–Crippen LogP) is 4.34. The van der Waals surface area contributed by atoms with Crippen molar-refractivity contribution in [2.24, 2.45) is 4.99 Å². The zero-order chi connectivity index (χ0) is 22.5. The molecule has 2 N–H and O–H groups in total. The van der Waals surface area contributed by atoms with Crippen LogP contribution in [0.25, 0.3) is 6.08 Å². The third-order valence-corrected chi connectivity index (χ3v) is 5.37. The standard InChI is InChI=1S/C23H22N2O5S/c1-4-10-25-21(27)20(31-23(25)24-18-9-8-14(2)11-19(18)26)13-16-6-5-7-17(12-16)30-15(3)22(28)29/h4-9,11-13,15,26H,1,10H2,2-3H3,(H,28,29)/b20-13-,24-23?. The quantitative estimate of drug-likeness (QED) is 0.493. The number of benzene rings is 2. The molecule has 1 amide bonds. The number of rotatable bonds is 7. The molecule has 0 radical (unpaired) electrons. The predicted molar refractivity (Wildman–Crippen MR) is 122 cm³/mol. The van der Waals surface area contributed by atoms with E-state index in [0.29, 0.717) is 27.1 Å². The zero-order valence-corrected chi connectivity index (χ0v) is 17.9. The second-order valence-corrected chi connectivity index (χ2v) is 7.88. The average molecular weight is 439 g/mol. The van der Waals surface area contributed by atoms with E-state index in [-0.39, 0.29) is 18.2 Å². The summed E-state index contributed by atoms with van der Waals surface area (Å²) in [5, 5.41) is 19.6. The van der Waals surface area contributed by atoms with Gasteiger partial charge in [0.15, 0.2) is 11.3 Å². The van der Waals surface area contributed by atoms with Crippen molar-refractivity contribution in [3.05, 3.63) is 71.2 Å². The van der Waals surface area contributed by atoms with Crippen LogP contribution < -0.4 is 4.74 Å². The summed E-state index contributed by atoms with van der Waals surface area (Å²) < 4.78 is 5.39. The van der Waals surface area contributed by atoms with Crippen LogP contribution in [-0.4, -0.2) is 44.8 Å². The molecular formula is C23H22N2O5S. The lowest BCUT2D eigenvalue weighted by atomic mass is 10.2. The summed E-state index contributed by atoms with van der Waals surface area (Å²) in [6.07, 6.45) is 2.31. The number of ether oxygens (including phenoxy) is 1. The molecule has 0 saturated carbocycles. The number of carbonyl (C=O) groups is 2. The highest BCUT2D eigenvalue weighted by atomic mass is 32.2. The van der Waals surface area contributed by atoms with Gasteiger partial charge in [-0.2, -0.15) is 0 Å². The fraction of sp³-hybridized carbons (Fsp3) is 0.174. The molecule has 0 aromatic heterocycles. The summed E-state index contributed by atoms with van der Waals surface area (Å²) in [6, 6.07) is 12.0. The van der Waals surface area contributed by atoms with E-state index in [1.54, 1.807) is 48.6 Å². The third kappa shape index (κ3) is 5.35. The smallest absolute Gasteiger partial charge is 0.344 e. The first-order valence-corrected chi connectivity index (χ1v) is 10.3. The Bertz CT molecular complexity index is 1090. The lowest BCUT2D eigenvalue weighted by molar-refractivity contribution is -0.144. The number of aromatic hydroxyl groups is 1. The molecule has 160 valence electrons. The first-order chi connectivity index (χ1) is 14.8. The molecule has 1 unspecified atom stereocenters. The van der Waals surface area contributed by atoms with E-state index in [9.17, 15) is 14.7 Å². The summed E-state index contributed by atoms with van der Waals surface area (Å²) in [6.45, 7) is 7.28. The van der Waals surface area contributed by atoms with Gasteiger partial charge in [0.05, 0.1) is 4.91 Å². The minimum atomic E-state index is -1.06. The Balaban J connectivity index is 1.91. The number of carboxylic acid groups (broad SMARTS) is 1. The fourth-order valence-corrected chi connectivity index (χ4v) is 3.80. The summed E-state index contributed by atoms with van der Waals surface area (Å²) in [5.74, 6) is -0.874. The number of amides is 1. The van der Waals surface area contributed by atoms with Gasteiger partial charge in [0.25, 0.3) is 5.91 Å². The summed E-state index contributed by atoms with van der Waals surface area (Å²) >= 11 is 1.19. The van der Waals surface area contributed by atoms with Crippen LogP contribution in [0.1, 0.15) is 18.1 Å². The number of nitrogens with zero attached hydrogens (tertiary/aromatic N) is 2. The van der Waals surface area contributed by atoms with Gasteiger partial charge >= 0.3 is 5.97 Å². The van der Waals surface area contributed by atoms with Gasteiger partial charge < -0.3 is 14.9 Å². The number of thioether (sulfide) groups is 1. The molecule has 1 aliphatic rings. The Labute approximate surface area is 184 Å². The number of aryl methyl sites for hydroxylation is 1. The van der Waals surface area contributed by atoms with Gasteiger partial charge in [-0.25, -0.2) is 9.79 Å². The van der Waals surface area contributed by atoms with Crippen molar-refractivity contribution in [2.75, 3.05) is 6.54 Å². The van der Waals surface area contributed by atoms with E-state index in [2.05, 4.69) is 11.6 Å². The zero-order valence-electron chi connectivity index (χ0n) is 17.1. The maximum absolute atomic E-state index is 12.9. The second-order valence-electron chi connectivity index (χ2n) is 6.87. The van der Waals surface area contributed by atoms with Crippen LogP contribution in [0.15, 0.2) is 65.0 Å². The molecule has 1 heterocycles. The Kier molecular flexibility index (Phi) is 6.81. The van der Waals surface area contributed by atoms with Crippen molar-refractivity contribution in [2.45, 2.75) is 20.0 Å². The maximum atomic E-state index is 12.9. The van der Waals surface area contributed by atoms with Gasteiger partial charge in [0.2, 0.25) is 0 Å². The molecule has 7 nitrogen and oxygen atoms in total. The van der Waals surface area contributed by atoms with Gasteiger partial charge in [-0.15, -0.1) is 6.58 Å². The van der Waals surface area contributed by atoms with Crippen LogP contribution in [-0.2, 0) is 9.59 Å². The van der Waals surface area contributed by atoms with Gasteiger partial charge in [0.1, 0.15) is 17.2 Å². The van der Waals surface area contributed by atoms with Gasteiger partial charge in [-0.1, -0.05) is 24.3 Å². The van der Waals surface area contributed by atoms with Crippen molar-refractivity contribution in [3.8, 4) is 11.5 Å². The summed E-state index contributed by atoms with van der Waals surface area (Å²) in [5.41, 5.74) is 1.96. The van der Waals surface area contributed by atoms with Crippen LogP contribution in [0.3, 0.4) is 0 Å². The van der Waals surface area contributed by atoms with Crippen molar-refractivity contribution >= 4 is 40.6 Å². The summed E-state index contributed by atoms with van der Waals surface area (Å²) in [4.78, 5) is 30.3. The van der Waals surface area contributed by atoms with E-state index in [1.807, 2.05) is 13.0 Å². The van der Waals surface area contributed by atoms with E-state index in [1.165, 1.54) is 23.6 Å². The van der Waals surface area contributed by atoms with Gasteiger partial charge in [-0.3, -0.25) is 9.69 Å². The lowest BCUT2D eigenvalue weighted by Crippen LogP contribution is -2.29. The number of hydrogen-bond donors (Lipinski definition) is 2. The van der Waals surface area contributed by atoms with Crippen molar-refractivity contribution < 1.29 is 24.5 Å². The van der Waals surface area contributed by atoms with E-state index < -0.39 is 12.1 Å². The minimum absolute atomic E-state index is 0.0360. The Morgan fingerprint density at radius 1 is 1.32 bits per heavy atom. The second kappa shape index (κ2) is 9.53. The van der Waals surface area contributed by atoms with Crippen LogP contribution in [0.2, 0.25) is 0 Å². The van der Waals surface area contributed by atoms with E-state index in [0.717, 1.165) is 5.56 Å². The molecule has 31 heavy (non-hydrogen) atoms. The number of phenolic OH excluding ortho intramolecular Hbond substituents is 1. The first-order valence-electron chi connectivity index (χ1n) is 9.48. The Hall–Kier alpha value is -3.52. The molecule has 0 spiro atoms. The molecular weight excluding hydrogens is 416 g/mol. The van der Waals surface area contributed by atoms with Gasteiger partial charge in [0, 0.05) is 6.54 Å². The highest BCUT2D eigenvalue weighted by molar-refractivity contribution is 8.18. The highest BCUT2D eigenvalue weighted by Gasteiger charge is 2.32. The number of hydrogen-bond acceptors (Lipinski definition) is 6. The number of amidine groups is 1. The average Bonchev–Trinajstić information content (AvgIpc) is 2.99. The van der Waals surface area contributed by atoms with Crippen LogP contribution >= 0.6 is 11.8 Å². The first kappa shape index (κ1) is 22.2. The maximum Gasteiger partial charge on any atom is 0.344 e. The minimum Gasteiger partial charge on any atom is -0.506 e. The number of aliphatic imine (C=N–C) groups is 1. The van der Waals surface area contributed by atoms with E-state index in [4.69, 9.17) is 9.84 Å². The molecule has 2 aromatic carbocycles. The Morgan fingerprint density at radius 2 is 2.10 bits per heavy atom. The number of carboxylic acids is 1. The Morgan fingerprint density at radius 3 is 2.77 bits per heavy atom. The topological polar surface area (TPSA) is 99.4 Å². The molecule has 1 atom stereocenters. The molecule has 2 aromatic rings. The molecule has 8 heteroatoms. The number of aliphatic carboxylic acids is 1. The van der Waals surface area contributed by atoms with Crippen molar-refractivity contribution in [1.82, 2.24) is 4.90 Å². The monoisotopic (exact) mass is 438 g/mol. The highest BCUT2D eigenvalue weighted by Crippen LogP contribution is 2.36. The van der Waals surface area contributed by atoms with Crippen LogP contribution in [0.4, 0.5) is 5.69 Å². The van der Waals surface area contributed by atoms with E-state index >= 15 is 0 Å². The fourth-order valence-electron chi connectivity index (χ4n) is 2.80. The molecule has 1 saturated heterocycles. The van der Waals surface area contributed by atoms with Crippen molar-refractivity contribution in [1.29, 1.82) is 0 Å². The molecule has 3 rings (SSSR count). The van der Waals surface area contributed by atoms with Crippen LogP contribution in [0, 0.1) is 6.92 Å². The number of carbonyl (C=O) groups excluding carboxylic acids is 1. The lowest BCUT2D eigenvalue weighted by Gasteiger charge is -2.13. The molecule has 0 bridgehead atoms. The third-order valence-electron chi connectivity index (χ3n) is 4.36. The molecule has 1 aliphatic heterocycles.